The molecule has 2 unspecified atom stereocenters. The van der Waals surface area contributed by atoms with Crippen LogP contribution in [0, 0.1) is 0 Å². The fourth-order valence-electron chi connectivity index (χ4n) is 2.06. The maximum atomic E-state index is 10.1. The zero-order valence-electron chi connectivity index (χ0n) is 11.1. The molecule has 0 aliphatic heterocycles. The third-order valence-corrected chi connectivity index (χ3v) is 4.21. The molecule has 0 spiro atoms. The third-order valence-electron chi connectivity index (χ3n) is 3.18. The zero-order chi connectivity index (χ0) is 13.4. The van der Waals surface area contributed by atoms with Crippen molar-refractivity contribution < 1.29 is 10.2 Å². The van der Waals surface area contributed by atoms with E-state index in [1.165, 1.54) is 36.2 Å². The maximum Gasteiger partial charge on any atom is 0.114 e. The van der Waals surface area contributed by atoms with Crippen molar-refractivity contribution >= 4 is 11.3 Å². The molecule has 0 bridgehead atoms. The molecule has 0 aromatic carbocycles. The second-order valence-electron chi connectivity index (χ2n) is 4.71. The molecule has 4 heteroatoms. The lowest BCUT2D eigenvalue weighted by atomic mass is 10.0. The summed E-state index contributed by atoms with van der Waals surface area (Å²) in [4.78, 5) is 0.910. The van der Waals surface area contributed by atoms with E-state index in [2.05, 4.69) is 13.0 Å². The first-order chi connectivity index (χ1) is 8.70. The van der Waals surface area contributed by atoms with Gasteiger partial charge in [-0.1, -0.05) is 26.2 Å². The van der Waals surface area contributed by atoms with Gasteiger partial charge < -0.3 is 15.9 Å². The number of hydrogen-bond donors (Lipinski definition) is 3. The lowest BCUT2D eigenvalue weighted by Gasteiger charge is -2.17. The predicted octanol–water partition coefficient (Wildman–Crippen LogP) is 2.61. The molecule has 1 aromatic rings. The van der Waals surface area contributed by atoms with Gasteiger partial charge in [0.2, 0.25) is 0 Å². The first-order valence-corrected chi connectivity index (χ1v) is 7.71. The number of unbranched alkanes of at least 4 members (excludes halogenated alkanes) is 3. The molecule has 0 fully saturated rings. The van der Waals surface area contributed by atoms with Crippen molar-refractivity contribution in [3.05, 3.63) is 21.9 Å². The topological polar surface area (TPSA) is 66.5 Å². The summed E-state index contributed by atoms with van der Waals surface area (Å²) in [5.74, 6) is 0. The molecule has 1 heterocycles. The Balaban J connectivity index is 2.52. The number of aliphatic hydroxyl groups is 2. The minimum absolute atomic E-state index is 0.398. The predicted molar refractivity (Wildman–Crippen MR) is 76.8 cm³/mol. The summed E-state index contributed by atoms with van der Waals surface area (Å²) in [5.41, 5.74) is 6.58. The molecule has 18 heavy (non-hydrogen) atoms. The van der Waals surface area contributed by atoms with Crippen LogP contribution < -0.4 is 5.73 Å². The van der Waals surface area contributed by atoms with E-state index >= 15 is 0 Å². The van der Waals surface area contributed by atoms with Gasteiger partial charge in [-0.2, -0.15) is 0 Å². The van der Waals surface area contributed by atoms with Gasteiger partial charge in [0.25, 0.3) is 0 Å². The van der Waals surface area contributed by atoms with E-state index in [0.717, 1.165) is 17.7 Å². The molecular weight excluding hydrogens is 246 g/mol. The Hall–Kier alpha value is -0.420. The largest absolute Gasteiger partial charge is 0.390 e. The van der Waals surface area contributed by atoms with Crippen LogP contribution in [0.3, 0.4) is 0 Å². The van der Waals surface area contributed by atoms with Gasteiger partial charge >= 0.3 is 0 Å². The van der Waals surface area contributed by atoms with Crippen LogP contribution in [0.1, 0.15) is 55.6 Å². The van der Waals surface area contributed by atoms with Crippen LogP contribution in [0.25, 0.3) is 0 Å². The molecule has 1 rings (SSSR count). The third kappa shape index (κ3) is 4.69. The molecular formula is C14H25NO2S. The fraction of sp³-hybridized carbons (Fsp3) is 0.714. The van der Waals surface area contributed by atoms with Crippen LogP contribution in [-0.2, 0) is 6.42 Å². The average Bonchev–Trinajstić information content (AvgIpc) is 2.82. The second kappa shape index (κ2) is 8.64. The van der Waals surface area contributed by atoms with Gasteiger partial charge in [-0.15, -0.1) is 11.3 Å². The van der Waals surface area contributed by atoms with Crippen molar-refractivity contribution in [2.24, 2.45) is 5.73 Å². The van der Waals surface area contributed by atoms with Crippen LogP contribution in [0.2, 0.25) is 0 Å². The van der Waals surface area contributed by atoms with Crippen molar-refractivity contribution in [3.63, 3.8) is 0 Å². The van der Waals surface area contributed by atoms with E-state index in [0.29, 0.717) is 13.0 Å². The van der Waals surface area contributed by atoms with Gasteiger partial charge in [0.15, 0.2) is 0 Å². The normalized spacial score (nSPS) is 14.7. The van der Waals surface area contributed by atoms with E-state index in [-0.39, 0.29) is 0 Å². The Morgan fingerprint density at radius 3 is 2.72 bits per heavy atom. The van der Waals surface area contributed by atoms with E-state index in [1.54, 1.807) is 0 Å². The molecule has 0 aliphatic rings. The maximum absolute atomic E-state index is 10.1. The number of nitrogens with two attached hydrogens (primary N) is 1. The van der Waals surface area contributed by atoms with Crippen LogP contribution >= 0.6 is 11.3 Å². The minimum Gasteiger partial charge on any atom is -0.390 e. The van der Waals surface area contributed by atoms with E-state index in [1.807, 2.05) is 5.38 Å². The minimum atomic E-state index is -0.783. The molecule has 0 saturated heterocycles. The number of thiophene rings is 1. The van der Waals surface area contributed by atoms with Crippen LogP contribution in [0.15, 0.2) is 11.4 Å². The summed E-state index contributed by atoms with van der Waals surface area (Å²) in [5, 5.41) is 21.9. The van der Waals surface area contributed by atoms with Crippen molar-refractivity contribution in [2.75, 3.05) is 6.54 Å². The van der Waals surface area contributed by atoms with Crippen molar-refractivity contribution in [3.8, 4) is 0 Å². The SMILES string of the molecule is CCCCCCc1ccsc1C(O)C(O)CCN. The summed E-state index contributed by atoms with van der Waals surface area (Å²) >= 11 is 1.52. The second-order valence-corrected chi connectivity index (χ2v) is 5.66. The number of aliphatic hydroxyl groups excluding tert-OH is 2. The molecule has 0 amide bonds. The Morgan fingerprint density at radius 1 is 1.28 bits per heavy atom. The van der Waals surface area contributed by atoms with Crippen molar-refractivity contribution in [2.45, 2.75) is 57.7 Å². The molecule has 0 saturated carbocycles. The summed E-state index contributed by atoms with van der Waals surface area (Å²) in [7, 11) is 0. The molecule has 1 aromatic heterocycles. The average molecular weight is 271 g/mol. The smallest absolute Gasteiger partial charge is 0.114 e. The van der Waals surface area contributed by atoms with Crippen molar-refractivity contribution in [1.82, 2.24) is 0 Å². The molecule has 3 nitrogen and oxygen atoms in total. The first-order valence-electron chi connectivity index (χ1n) is 6.83. The van der Waals surface area contributed by atoms with Gasteiger partial charge in [0.05, 0.1) is 6.10 Å². The number of rotatable bonds is 9. The van der Waals surface area contributed by atoms with Gasteiger partial charge in [-0.25, -0.2) is 0 Å². The molecule has 4 N–H and O–H groups in total. The summed E-state index contributed by atoms with van der Waals surface area (Å²) in [6.45, 7) is 2.60. The van der Waals surface area contributed by atoms with E-state index in [9.17, 15) is 10.2 Å². The van der Waals surface area contributed by atoms with Crippen molar-refractivity contribution in [1.29, 1.82) is 0 Å². The summed E-state index contributed by atoms with van der Waals surface area (Å²) in [6.07, 6.45) is 4.77. The Bertz CT molecular complexity index is 327. The van der Waals surface area contributed by atoms with Crippen LogP contribution in [0.5, 0.6) is 0 Å². The Morgan fingerprint density at radius 2 is 2.06 bits per heavy atom. The molecule has 2 atom stereocenters. The van der Waals surface area contributed by atoms with Crippen LogP contribution in [0.4, 0.5) is 0 Å². The lowest BCUT2D eigenvalue weighted by molar-refractivity contribution is 0.0167. The molecule has 0 radical (unpaired) electrons. The van der Waals surface area contributed by atoms with Crippen LogP contribution in [-0.4, -0.2) is 22.9 Å². The quantitative estimate of drug-likeness (QED) is 0.605. The van der Waals surface area contributed by atoms with E-state index < -0.39 is 12.2 Å². The highest BCUT2D eigenvalue weighted by atomic mass is 32.1. The fourth-order valence-corrected chi connectivity index (χ4v) is 3.06. The first kappa shape index (κ1) is 15.6. The van der Waals surface area contributed by atoms with Gasteiger partial charge in [-0.3, -0.25) is 0 Å². The Kier molecular flexibility index (Phi) is 7.51. The zero-order valence-corrected chi connectivity index (χ0v) is 12.0. The summed E-state index contributed by atoms with van der Waals surface area (Å²) < 4.78 is 0. The highest BCUT2D eigenvalue weighted by Crippen LogP contribution is 2.29. The van der Waals surface area contributed by atoms with E-state index in [4.69, 9.17) is 5.73 Å². The number of hydrogen-bond acceptors (Lipinski definition) is 4. The lowest BCUT2D eigenvalue weighted by Crippen LogP contribution is -2.21. The Labute approximate surface area is 114 Å². The number of aryl methyl sites for hydroxylation is 1. The monoisotopic (exact) mass is 271 g/mol. The van der Waals surface area contributed by atoms with Gasteiger partial charge in [0, 0.05) is 4.88 Å². The molecule has 0 aliphatic carbocycles. The highest BCUT2D eigenvalue weighted by Gasteiger charge is 2.21. The van der Waals surface area contributed by atoms with Gasteiger partial charge in [-0.05, 0) is 42.8 Å². The van der Waals surface area contributed by atoms with Gasteiger partial charge in [0.1, 0.15) is 6.10 Å². The molecule has 104 valence electrons. The highest BCUT2D eigenvalue weighted by molar-refractivity contribution is 7.10. The summed E-state index contributed by atoms with van der Waals surface area (Å²) in [6, 6.07) is 2.06. The standard InChI is InChI=1S/C14H25NO2S/c1-2-3-4-5-6-11-8-10-18-14(11)13(17)12(16)7-9-15/h8,10,12-13,16-17H,2-7,9,15H2,1H3.